The fourth-order valence-electron chi connectivity index (χ4n) is 3.98. The minimum absolute atomic E-state index is 0.0443. The van der Waals surface area contributed by atoms with E-state index in [2.05, 4.69) is 26.2 Å². The average Bonchev–Trinajstić information content (AvgIpc) is 3.52. The second kappa shape index (κ2) is 14.7. The lowest BCUT2D eigenvalue weighted by Crippen LogP contribution is -2.41. The third kappa shape index (κ3) is 8.09. The van der Waals surface area contributed by atoms with E-state index in [0.717, 1.165) is 12.8 Å². The Bertz CT molecular complexity index is 1240. The molecule has 2 aromatic rings. The predicted molar refractivity (Wildman–Crippen MR) is 140 cm³/mol. The van der Waals surface area contributed by atoms with Crippen molar-refractivity contribution in [2.45, 2.75) is 82.8 Å². The number of unbranched alkanes of at least 4 members (excludes halogenated alkanes) is 2. The quantitative estimate of drug-likeness (QED) is 0.128. The van der Waals surface area contributed by atoms with Gasteiger partial charge < -0.3 is 29.2 Å². The summed E-state index contributed by atoms with van der Waals surface area (Å²) >= 11 is 0. The van der Waals surface area contributed by atoms with Crippen LogP contribution in [0.3, 0.4) is 0 Å². The number of anilines is 1. The lowest BCUT2D eigenvalue weighted by Gasteiger charge is -2.23. The number of aliphatic hydroxyl groups excluding tert-OH is 2. The highest BCUT2D eigenvalue weighted by molar-refractivity contribution is 5.93. The van der Waals surface area contributed by atoms with Gasteiger partial charge in [0, 0.05) is 19.3 Å². The minimum Gasteiger partial charge on any atom is -0.462 e. The van der Waals surface area contributed by atoms with E-state index in [-0.39, 0.29) is 49.5 Å². The Morgan fingerprint density at radius 2 is 1.85 bits per heavy atom. The number of amides is 1. The number of aromatic nitrogens is 4. The molecule has 3 atom stereocenters. The number of nitrogens with one attached hydrogen (secondary N) is 1. The van der Waals surface area contributed by atoms with Crippen LogP contribution in [0.2, 0.25) is 0 Å². The summed E-state index contributed by atoms with van der Waals surface area (Å²) in [4.78, 5) is 48.1. The van der Waals surface area contributed by atoms with E-state index in [9.17, 15) is 29.0 Å². The van der Waals surface area contributed by atoms with E-state index in [4.69, 9.17) is 25.4 Å². The minimum atomic E-state index is -1.66. The molecule has 15 heteroatoms. The van der Waals surface area contributed by atoms with E-state index < -0.39 is 54.8 Å². The molecule has 0 saturated carbocycles. The van der Waals surface area contributed by atoms with Gasteiger partial charge in [-0.05, 0) is 12.8 Å². The molecule has 14 nitrogen and oxygen atoms in total. The van der Waals surface area contributed by atoms with Crippen molar-refractivity contribution in [3.8, 4) is 12.3 Å². The number of halogens is 1. The van der Waals surface area contributed by atoms with E-state index in [1.807, 2.05) is 13.8 Å². The number of terminal acetylenes is 1. The topological polar surface area (TPSA) is 184 Å². The zero-order valence-corrected chi connectivity index (χ0v) is 22.9. The Labute approximate surface area is 235 Å². The summed E-state index contributed by atoms with van der Waals surface area (Å²) in [5, 5.41) is 22.2. The van der Waals surface area contributed by atoms with Gasteiger partial charge in [0.25, 0.3) is 0 Å². The number of fused-ring (bicyclic) bond motifs is 1. The number of nitrogens with zero attached hydrogens (tertiary/aromatic N) is 4. The van der Waals surface area contributed by atoms with E-state index >= 15 is 0 Å². The number of esters is 2. The highest BCUT2D eigenvalue weighted by Crippen LogP contribution is 2.37. The Hall–Kier alpha value is -3.87. The summed E-state index contributed by atoms with van der Waals surface area (Å²) in [5.74, 6) is 0.886. The molecular formula is C26H34FN5O9. The first-order chi connectivity index (χ1) is 19.7. The van der Waals surface area contributed by atoms with Crippen LogP contribution in [0, 0.1) is 18.4 Å². The van der Waals surface area contributed by atoms with E-state index in [1.54, 1.807) is 0 Å². The van der Waals surface area contributed by atoms with Crippen molar-refractivity contribution in [2.75, 3.05) is 25.1 Å². The monoisotopic (exact) mass is 579 g/mol. The summed E-state index contributed by atoms with van der Waals surface area (Å²) in [7, 11) is 0. The van der Waals surface area contributed by atoms with Crippen molar-refractivity contribution in [1.82, 2.24) is 19.5 Å². The summed E-state index contributed by atoms with van der Waals surface area (Å²) in [6.45, 7) is 2.43. The molecule has 41 heavy (non-hydrogen) atoms. The van der Waals surface area contributed by atoms with Crippen LogP contribution in [0.4, 0.5) is 15.0 Å². The van der Waals surface area contributed by atoms with Crippen molar-refractivity contribution < 1.29 is 47.9 Å². The van der Waals surface area contributed by atoms with Gasteiger partial charge in [0.1, 0.15) is 25.5 Å². The molecule has 1 amide bonds. The third-order valence-electron chi connectivity index (χ3n) is 6.32. The Morgan fingerprint density at radius 3 is 2.39 bits per heavy atom. The van der Waals surface area contributed by atoms with Gasteiger partial charge in [-0.1, -0.05) is 32.6 Å². The first kappa shape index (κ1) is 31.7. The number of hydrogen-bond donors (Lipinski definition) is 3. The maximum atomic E-state index is 14.4. The fraction of sp³-hybridized carbons (Fsp3) is 0.615. The van der Waals surface area contributed by atoms with Gasteiger partial charge in [-0.15, -0.1) is 6.42 Å². The number of imidazole rings is 1. The molecule has 1 fully saturated rings. The van der Waals surface area contributed by atoms with Crippen molar-refractivity contribution in [1.29, 1.82) is 0 Å². The second-order valence-electron chi connectivity index (χ2n) is 9.41. The number of aliphatic hydroxyl groups is 2. The fourth-order valence-corrected chi connectivity index (χ4v) is 3.98. The van der Waals surface area contributed by atoms with Crippen molar-refractivity contribution in [3.63, 3.8) is 0 Å². The molecule has 0 aliphatic carbocycles. The van der Waals surface area contributed by atoms with Crippen LogP contribution in [0.5, 0.6) is 0 Å². The smallest absolute Gasteiger partial charge is 0.413 e. The molecule has 3 N–H and O–H groups in total. The van der Waals surface area contributed by atoms with E-state index in [0.29, 0.717) is 12.8 Å². The number of ether oxygens (including phenoxy) is 4. The molecule has 1 saturated heterocycles. The molecule has 0 bridgehead atoms. The molecule has 1 aliphatic heterocycles. The first-order valence-electron chi connectivity index (χ1n) is 13.3. The van der Waals surface area contributed by atoms with E-state index in [1.165, 1.54) is 10.9 Å². The number of rotatable bonds is 14. The van der Waals surface area contributed by atoms with Crippen LogP contribution in [0.1, 0.15) is 65.0 Å². The normalized spacial score (nSPS) is 20.1. The molecule has 0 radical (unpaired) electrons. The molecule has 1 aliphatic rings. The van der Waals surface area contributed by atoms with Crippen molar-refractivity contribution in [2.24, 2.45) is 0 Å². The molecule has 0 aromatic carbocycles. The van der Waals surface area contributed by atoms with Crippen LogP contribution < -0.4 is 5.32 Å². The average molecular weight is 580 g/mol. The molecule has 0 unspecified atom stereocenters. The standard InChI is InChI=1S/C26H34FN5O9/c1-4-7-9-19(35)38-12-16(13-39-20(36)10-8-5-2)40-25(37)30-22-21-23(31-24(27)29-22)32(15-28-21)18-11-17(34)26(6-3,14-33)41-18/h3,15-18,33-34H,4-5,7-14H2,1-2H3,(H,29,30,31,37)/t17-,18+,26+/m0/s1. The highest BCUT2D eigenvalue weighted by Gasteiger charge is 2.47. The van der Waals surface area contributed by atoms with Crippen molar-refractivity contribution >= 4 is 35.0 Å². The van der Waals surface area contributed by atoms with Gasteiger partial charge in [-0.25, -0.2) is 9.78 Å². The van der Waals surface area contributed by atoms with Crippen molar-refractivity contribution in [3.05, 3.63) is 12.4 Å². The maximum Gasteiger partial charge on any atom is 0.413 e. The third-order valence-corrected chi connectivity index (χ3v) is 6.32. The first-order valence-corrected chi connectivity index (χ1v) is 13.3. The summed E-state index contributed by atoms with van der Waals surface area (Å²) < 4.78 is 37.0. The van der Waals surface area contributed by atoms with Gasteiger partial charge in [-0.2, -0.15) is 14.4 Å². The zero-order valence-electron chi connectivity index (χ0n) is 22.9. The largest absolute Gasteiger partial charge is 0.462 e. The molecule has 224 valence electrons. The molecule has 3 rings (SSSR count). The predicted octanol–water partition coefficient (Wildman–Crippen LogP) is 1.99. The van der Waals surface area contributed by atoms with Crippen LogP contribution in [-0.2, 0) is 28.5 Å². The number of hydrogen-bond acceptors (Lipinski definition) is 12. The van der Waals surface area contributed by atoms with Gasteiger partial charge in [0.05, 0.1) is 12.9 Å². The molecular weight excluding hydrogens is 545 g/mol. The van der Waals surface area contributed by atoms with Gasteiger partial charge >= 0.3 is 24.1 Å². The SMILES string of the molecule is C#C[C@]1(CO)O[C@@H](n2cnc3c(NC(=O)OC(COC(=O)CCCC)COC(=O)CCCC)nc(F)nc32)C[C@@H]1O. The van der Waals surface area contributed by atoms with Gasteiger partial charge in [0.15, 0.2) is 28.7 Å². The van der Waals surface area contributed by atoms with Crippen LogP contribution >= 0.6 is 0 Å². The molecule has 0 spiro atoms. The second-order valence-corrected chi connectivity index (χ2v) is 9.41. The summed E-state index contributed by atoms with van der Waals surface area (Å²) in [5.41, 5.74) is -1.80. The van der Waals surface area contributed by atoms with Crippen LogP contribution in [-0.4, -0.2) is 85.4 Å². The Morgan fingerprint density at radius 1 is 1.22 bits per heavy atom. The number of carbonyl (C=O) groups is 3. The van der Waals surface area contributed by atoms with Crippen LogP contribution in [0.25, 0.3) is 11.2 Å². The van der Waals surface area contributed by atoms with Gasteiger partial charge in [0.2, 0.25) is 0 Å². The lowest BCUT2D eigenvalue weighted by atomic mass is 9.99. The molecule has 2 aromatic heterocycles. The van der Waals surface area contributed by atoms with Gasteiger partial charge in [-0.3, -0.25) is 19.5 Å². The van der Waals surface area contributed by atoms with Crippen LogP contribution in [0.15, 0.2) is 6.33 Å². The maximum absolute atomic E-state index is 14.4. The summed E-state index contributed by atoms with van der Waals surface area (Å²) in [6.07, 6.45) is 4.10. The zero-order chi connectivity index (χ0) is 30.0. The molecule has 3 heterocycles. The summed E-state index contributed by atoms with van der Waals surface area (Å²) in [6, 6.07) is 0. The highest BCUT2D eigenvalue weighted by atomic mass is 19.1. The lowest BCUT2D eigenvalue weighted by molar-refractivity contribution is -0.152. The Kier molecular flexibility index (Phi) is 11.3. The number of carbonyl (C=O) groups excluding carboxylic acids is 3. The Balaban J connectivity index is 1.74.